The van der Waals surface area contributed by atoms with Crippen molar-refractivity contribution in [3.8, 4) is 6.07 Å². The van der Waals surface area contributed by atoms with Gasteiger partial charge in [0.2, 0.25) is 0 Å². The Labute approximate surface area is 135 Å². The molecule has 2 N–H and O–H groups in total. The summed E-state index contributed by atoms with van der Waals surface area (Å²) in [4.78, 5) is 16.1. The molecule has 0 saturated heterocycles. The summed E-state index contributed by atoms with van der Waals surface area (Å²) in [5.74, 6) is -0.124. The van der Waals surface area contributed by atoms with Gasteiger partial charge in [0.05, 0.1) is 6.07 Å². The highest BCUT2D eigenvalue weighted by Gasteiger charge is 2.35. The Bertz CT molecular complexity index is 806. The number of H-pyrrole nitrogens is 1. The van der Waals surface area contributed by atoms with Crippen LogP contribution in [-0.2, 0) is 12.8 Å². The first-order valence-corrected chi connectivity index (χ1v) is 8.58. The van der Waals surface area contributed by atoms with Gasteiger partial charge >= 0.3 is 0 Å². The van der Waals surface area contributed by atoms with Crippen LogP contribution in [0.2, 0.25) is 0 Å². The second-order valence-corrected chi connectivity index (χ2v) is 6.90. The monoisotopic (exact) mass is 307 g/mol. The van der Waals surface area contributed by atoms with E-state index < -0.39 is 5.54 Å². The van der Waals surface area contributed by atoms with Gasteiger partial charge in [0.25, 0.3) is 5.91 Å². The maximum atomic E-state index is 12.6. The van der Waals surface area contributed by atoms with Crippen LogP contribution in [0.5, 0.6) is 0 Å². The standard InChI is InChI=1S/C19H21N3O/c20-12-19(9-3-4-10-19)22-18(23)13-7-8-17-15(11-13)14-5-1-2-6-16(14)21-17/h7-8,11,21H,1-6,9-10H2,(H,22,23). The first kappa shape index (κ1) is 14.3. The van der Waals surface area contributed by atoms with Crippen LogP contribution in [0.1, 0.15) is 60.1 Å². The molecular formula is C19H21N3O. The quantitative estimate of drug-likeness (QED) is 0.890. The van der Waals surface area contributed by atoms with Gasteiger partial charge < -0.3 is 10.3 Å². The van der Waals surface area contributed by atoms with Crippen LogP contribution in [0.15, 0.2) is 18.2 Å². The van der Waals surface area contributed by atoms with Crippen LogP contribution in [0.25, 0.3) is 10.9 Å². The number of aromatic nitrogens is 1. The van der Waals surface area contributed by atoms with E-state index in [2.05, 4.69) is 16.4 Å². The molecule has 23 heavy (non-hydrogen) atoms. The third-order valence-electron chi connectivity index (χ3n) is 5.38. The Morgan fingerprint density at radius 2 is 1.96 bits per heavy atom. The largest absolute Gasteiger partial charge is 0.358 e. The Kier molecular flexibility index (Phi) is 3.37. The third kappa shape index (κ3) is 2.41. The molecular weight excluding hydrogens is 286 g/mol. The van der Waals surface area contributed by atoms with Crippen LogP contribution in [-0.4, -0.2) is 16.4 Å². The van der Waals surface area contributed by atoms with Gasteiger partial charge in [-0.05, 0) is 75.1 Å². The van der Waals surface area contributed by atoms with E-state index in [-0.39, 0.29) is 5.91 Å². The molecule has 1 fully saturated rings. The Morgan fingerprint density at radius 1 is 1.17 bits per heavy atom. The van der Waals surface area contributed by atoms with E-state index >= 15 is 0 Å². The maximum absolute atomic E-state index is 12.6. The number of fused-ring (bicyclic) bond motifs is 3. The van der Waals surface area contributed by atoms with Crippen molar-refractivity contribution < 1.29 is 4.79 Å². The average molecular weight is 307 g/mol. The molecule has 1 heterocycles. The Balaban J connectivity index is 1.66. The van der Waals surface area contributed by atoms with Gasteiger partial charge in [-0.1, -0.05) is 0 Å². The van der Waals surface area contributed by atoms with Gasteiger partial charge in [-0.2, -0.15) is 5.26 Å². The van der Waals surface area contributed by atoms with Crippen molar-refractivity contribution in [3.63, 3.8) is 0 Å². The highest BCUT2D eigenvalue weighted by atomic mass is 16.1. The van der Waals surface area contributed by atoms with E-state index in [0.29, 0.717) is 5.56 Å². The molecule has 0 atom stereocenters. The SMILES string of the molecule is N#CC1(NC(=O)c2ccc3[nH]c4c(c3c2)CCCC4)CCCC1. The van der Waals surface area contributed by atoms with E-state index in [1.807, 2.05) is 18.2 Å². The van der Waals surface area contributed by atoms with Crippen molar-refractivity contribution in [3.05, 3.63) is 35.0 Å². The van der Waals surface area contributed by atoms with Crippen molar-refractivity contribution in [2.24, 2.45) is 0 Å². The van der Waals surface area contributed by atoms with Crippen LogP contribution in [0.3, 0.4) is 0 Å². The Hall–Kier alpha value is -2.28. The van der Waals surface area contributed by atoms with E-state index in [1.54, 1.807) is 0 Å². The summed E-state index contributed by atoms with van der Waals surface area (Å²) < 4.78 is 0. The van der Waals surface area contributed by atoms with Gasteiger partial charge in [-0.15, -0.1) is 0 Å². The number of nitriles is 1. The zero-order valence-electron chi connectivity index (χ0n) is 13.2. The van der Waals surface area contributed by atoms with Gasteiger partial charge in [0.15, 0.2) is 0 Å². The second kappa shape index (κ2) is 5.42. The van der Waals surface area contributed by atoms with Gasteiger partial charge in [-0.25, -0.2) is 0 Å². The average Bonchev–Trinajstić information content (AvgIpc) is 3.19. The zero-order valence-corrected chi connectivity index (χ0v) is 13.2. The van der Waals surface area contributed by atoms with Crippen molar-refractivity contribution >= 4 is 16.8 Å². The number of rotatable bonds is 2. The number of carbonyl (C=O) groups is 1. The van der Waals surface area contributed by atoms with Crippen molar-refractivity contribution in [2.45, 2.75) is 56.9 Å². The second-order valence-electron chi connectivity index (χ2n) is 6.90. The van der Waals surface area contributed by atoms with Gasteiger partial charge in [-0.3, -0.25) is 4.79 Å². The third-order valence-corrected chi connectivity index (χ3v) is 5.38. The number of hydrogen-bond acceptors (Lipinski definition) is 2. The summed E-state index contributed by atoms with van der Waals surface area (Å²) in [6, 6.07) is 8.17. The summed E-state index contributed by atoms with van der Waals surface area (Å²) in [5, 5.41) is 13.6. The first-order valence-electron chi connectivity index (χ1n) is 8.58. The molecule has 1 aromatic carbocycles. The van der Waals surface area contributed by atoms with Crippen LogP contribution < -0.4 is 5.32 Å². The number of nitrogens with zero attached hydrogens (tertiary/aromatic N) is 1. The van der Waals surface area contributed by atoms with Crippen LogP contribution in [0, 0.1) is 11.3 Å². The molecule has 2 aromatic rings. The highest BCUT2D eigenvalue weighted by molar-refractivity contribution is 5.99. The molecule has 1 amide bonds. The zero-order chi connectivity index (χ0) is 15.9. The highest BCUT2D eigenvalue weighted by Crippen LogP contribution is 2.31. The molecule has 0 aliphatic heterocycles. The molecule has 0 bridgehead atoms. The van der Waals surface area contributed by atoms with E-state index in [9.17, 15) is 10.1 Å². The maximum Gasteiger partial charge on any atom is 0.252 e. The fraction of sp³-hybridized carbons (Fsp3) is 0.474. The van der Waals surface area contributed by atoms with Gasteiger partial charge in [0, 0.05) is 22.2 Å². The lowest BCUT2D eigenvalue weighted by Gasteiger charge is -2.22. The summed E-state index contributed by atoms with van der Waals surface area (Å²) in [6.07, 6.45) is 8.18. The fourth-order valence-corrected chi connectivity index (χ4v) is 4.08. The number of aryl methyl sites for hydroxylation is 2. The number of benzene rings is 1. The minimum Gasteiger partial charge on any atom is -0.358 e. The van der Waals surface area contributed by atoms with Crippen LogP contribution >= 0.6 is 0 Å². The van der Waals surface area contributed by atoms with Crippen molar-refractivity contribution in [1.29, 1.82) is 5.26 Å². The van der Waals surface area contributed by atoms with E-state index in [1.165, 1.54) is 29.5 Å². The summed E-state index contributed by atoms with van der Waals surface area (Å²) in [6.45, 7) is 0. The number of nitrogens with one attached hydrogen (secondary N) is 2. The molecule has 2 aliphatic rings. The lowest BCUT2D eigenvalue weighted by molar-refractivity contribution is 0.0921. The minimum atomic E-state index is -0.663. The molecule has 4 rings (SSSR count). The first-order chi connectivity index (χ1) is 11.2. The molecule has 0 radical (unpaired) electrons. The molecule has 4 heteroatoms. The van der Waals surface area contributed by atoms with Crippen molar-refractivity contribution in [1.82, 2.24) is 10.3 Å². The molecule has 0 spiro atoms. The van der Waals surface area contributed by atoms with E-state index in [0.717, 1.165) is 44.0 Å². The lowest BCUT2D eigenvalue weighted by atomic mass is 9.95. The number of amides is 1. The topological polar surface area (TPSA) is 68.7 Å². The number of aromatic amines is 1. The normalized spacial score (nSPS) is 19.3. The van der Waals surface area contributed by atoms with E-state index in [4.69, 9.17) is 0 Å². The smallest absolute Gasteiger partial charge is 0.252 e. The molecule has 118 valence electrons. The van der Waals surface area contributed by atoms with Crippen molar-refractivity contribution in [2.75, 3.05) is 0 Å². The van der Waals surface area contributed by atoms with Crippen LogP contribution in [0.4, 0.5) is 0 Å². The van der Waals surface area contributed by atoms with Gasteiger partial charge in [0.1, 0.15) is 5.54 Å². The summed E-state index contributed by atoms with van der Waals surface area (Å²) in [7, 11) is 0. The summed E-state index contributed by atoms with van der Waals surface area (Å²) >= 11 is 0. The lowest BCUT2D eigenvalue weighted by Crippen LogP contribution is -2.45. The predicted molar refractivity (Wildman–Crippen MR) is 89.2 cm³/mol. The predicted octanol–water partition coefficient (Wildman–Crippen LogP) is 3.61. The number of carbonyl (C=O) groups excluding carboxylic acids is 1. The molecule has 2 aliphatic carbocycles. The summed E-state index contributed by atoms with van der Waals surface area (Å²) in [5.41, 5.74) is 3.81. The minimum absolute atomic E-state index is 0.124. The molecule has 4 nitrogen and oxygen atoms in total. The fourth-order valence-electron chi connectivity index (χ4n) is 4.08. The molecule has 1 saturated carbocycles. The number of hydrogen-bond donors (Lipinski definition) is 2. The molecule has 1 aromatic heterocycles. The Morgan fingerprint density at radius 3 is 2.74 bits per heavy atom. The molecule has 0 unspecified atom stereocenters.